The second-order valence-corrected chi connectivity index (χ2v) is 5.77. The number of hydrogen-bond donors (Lipinski definition) is 0. The van der Waals surface area contributed by atoms with Gasteiger partial charge < -0.3 is 4.74 Å². The Bertz CT molecular complexity index is 602. The smallest absolute Gasteiger partial charge is 0.130 e. The van der Waals surface area contributed by atoms with Crippen molar-refractivity contribution < 1.29 is 4.74 Å². The summed E-state index contributed by atoms with van der Waals surface area (Å²) in [4.78, 5) is 0. The maximum atomic E-state index is 6.04. The van der Waals surface area contributed by atoms with Gasteiger partial charge in [0.15, 0.2) is 0 Å². The van der Waals surface area contributed by atoms with Gasteiger partial charge in [-0.3, -0.25) is 0 Å². The second kappa shape index (κ2) is 6.32. The third-order valence-electron chi connectivity index (χ3n) is 3.56. The first-order valence-electron chi connectivity index (χ1n) is 6.95. The van der Waals surface area contributed by atoms with Crippen molar-refractivity contribution in [2.75, 3.05) is 0 Å². The van der Waals surface area contributed by atoms with Crippen molar-refractivity contribution in [3.8, 4) is 11.5 Å². The molecule has 0 N–H and O–H groups in total. The molecule has 0 heterocycles. The molecule has 0 spiro atoms. The molecule has 2 aromatic rings. The number of ether oxygens (including phenoxy) is 1. The molecule has 0 unspecified atom stereocenters. The summed E-state index contributed by atoms with van der Waals surface area (Å²) < 4.78 is 6.04. The van der Waals surface area contributed by atoms with E-state index in [4.69, 9.17) is 16.3 Å². The number of rotatable bonds is 4. The first kappa shape index (κ1) is 14.9. The molecule has 2 aromatic carbocycles. The number of halogens is 1. The summed E-state index contributed by atoms with van der Waals surface area (Å²) in [6.45, 7) is 8.50. The molecule has 106 valence electrons. The quantitative estimate of drug-likeness (QED) is 0.631. The van der Waals surface area contributed by atoms with E-state index in [0.717, 1.165) is 28.2 Å². The Hall–Kier alpha value is -1.47. The lowest BCUT2D eigenvalue weighted by Crippen LogP contribution is -1.93. The van der Waals surface area contributed by atoms with Crippen molar-refractivity contribution in [2.24, 2.45) is 0 Å². The van der Waals surface area contributed by atoms with Gasteiger partial charge in [-0.25, -0.2) is 0 Å². The predicted octanol–water partition coefficient (Wildman–Crippen LogP) is 5.96. The minimum Gasteiger partial charge on any atom is -0.457 e. The molecule has 0 aliphatic heterocycles. The first-order valence-corrected chi connectivity index (χ1v) is 7.48. The average Bonchev–Trinajstić information content (AvgIpc) is 2.41. The molecule has 0 atom stereocenters. The van der Waals surface area contributed by atoms with Crippen LogP contribution in [0, 0.1) is 13.8 Å². The van der Waals surface area contributed by atoms with Gasteiger partial charge in [-0.15, -0.1) is 11.6 Å². The standard InChI is InChI=1S/C18H21ClO/c1-12(2)15-6-5-13(3)18(10-15)20-17-8-7-16(11-19)14(4)9-17/h5-10,12H,11H2,1-4H3. The van der Waals surface area contributed by atoms with Crippen LogP contribution in [-0.2, 0) is 5.88 Å². The third-order valence-corrected chi connectivity index (χ3v) is 3.85. The van der Waals surface area contributed by atoms with Crippen LogP contribution in [0.4, 0.5) is 0 Å². The maximum Gasteiger partial charge on any atom is 0.130 e. The fourth-order valence-electron chi connectivity index (χ4n) is 2.09. The Morgan fingerprint density at radius 2 is 1.75 bits per heavy atom. The Morgan fingerprint density at radius 1 is 1.00 bits per heavy atom. The second-order valence-electron chi connectivity index (χ2n) is 5.50. The van der Waals surface area contributed by atoms with Gasteiger partial charge in [-0.2, -0.15) is 0 Å². The summed E-state index contributed by atoms with van der Waals surface area (Å²) >= 11 is 5.88. The van der Waals surface area contributed by atoms with E-state index in [-0.39, 0.29) is 0 Å². The normalized spacial score (nSPS) is 10.9. The summed E-state index contributed by atoms with van der Waals surface area (Å²) in [6, 6.07) is 12.5. The summed E-state index contributed by atoms with van der Waals surface area (Å²) in [6.07, 6.45) is 0. The molecule has 0 aliphatic carbocycles. The van der Waals surface area contributed by atoms with Crippen LogP contribution in [0.25, 0.3) is 0 Å². The molecule has 0 radical (unpaired) electrons. The number of benzene rings is 2. The summed E-state index contributed by atoms with van der Waals surface area (Å²) in [5.41, 5.74) is 4.75. The topological polar surface area (TPSA) is 9.23 Å². The van der Waals surface area contributed by atoms with E-state index in [9.17, 15) is 0 Å². The minimum atomic E-state index is 0.498. The van der Waals surface area contributed by atoms with Crippen molar-refractivity contribution >= 4 is 11.6 Å². The fraction of sp³-hybridized carbons (Fsp3) is 0.333. The molecule has 0 amide bonds. The summed E-state index contributed by atoms with van der Waals surface area (Å²) in [5, 5.41) is 0. The molecule has 0 fully saturated rings. The highest BCUT2D eigenvalue weighted by molar-refractivity contribution is 6.17. The maximum absolute atomic E-state index is 6.04. The van der Waals surface area contributed by atoms with E-state index >= 15 is 0 Å². The summed E-state index contributed by atoms with van der Waals surface area (Å²) in [5.74, 6) is 2.82. The van der Waals surface area contributed by atoms with Crippen molar-refractivity contribution in [1.82, 2.24) is 0 Å². The van der Waals surface area contributed by atoms with Gasteiger partial charge in [-0.1, -0.05) is 32.0 Å². The lowest BCUT2D eigenvalue weighted by atomic mass is 10.0. The van der Waals surface area contributed by atoms with E-state index in [0.29, 0.717) is 11.8 Å². The van der Waals surface area contributed by atoms with Crippen LogP contribution >= 0.6 is 11.6 Å². The Balaban J connectivity index is 2.29. The highest BCUT2D eigenvalue weighted by atomic mass is 35.5. The number of hydrogen-bond acceptors (Lipinski definition) is 1. The van der Waals surface area contributed by atoms with E-state index in [1.165, 1.54) is 5.56 Å². The van der Waals surface area contributed by atoms with Crippen LogP contribution in [0.5, 0.6) is 11.5 Å². The molecule has 0 saturated carbocycles. The van der Waals surface area contributed by atoms with Gasteiger partial charge in [-0.05, 0) is 60.2 Å². The SMILES string of the molecule is Cc1cc(Oc2cc(C(C)C)ccc2C)ccc1CCl. The highest BCUT2D eigenvalue weighted by Gasteiger charge is 2.07. The first-order chi connectivity index (χ1) is 9.51. The van der Waals surface area contributed by atoms with Gasteiger partial charge in [0.2, 0.25) is 0 Å². The van der Waals surface area contributed by atoms with Crippen LogP contribution < -0.4 is 4.74 Å². The molecular weight excluding hydrogens is 268 g/mol. The molecule has 2 rings (SSSR count). The zero-order valence-electron chi connectivity index (χ0n) is 12.5. The van der Waals surface area contributed by atoms with Crippen LogP contribution in [0.3, 0.4) is 0 Å². The van der Waals surface area contributed by atoms with Crippen LogP contribution in [0.1, 0.15) is 42.0 Å². The molecule has 1 nitrogen and oxygen atoms in total. The van der Waals surface area contributed by atoms with Crippen molar-refractivity contribution in [2.45, 2.75) is 39.5 Å². The Labute approximate surface area is 126 Å². The van der Waals surface area contributed by atoms with Crippen LogP contribution in [-0.4, -0.2) is 0 Å². The van der Waals surface area contributed by atoms with Crippen LogP contribution in [0.2, 0.25) is 0 Å². The lowest BCUT2D eigenvalue weighted by molar-refractivity contribution is 0.477. The highest BCUT2D eigenvalue weighted by Crippen LogP contribution is 2.30. The van der Waals surface area contributed by atoms with Crippen molar-refractivity contribution in [3.63, 3.8) is 0 Å². The average molecular weight is 289 g/mol. The molecule has 0 saturated heterocycles. The number of alkyl halides is 1. The molecular formula is C18H21ClO. The van der Waals surface area contributed by atoms with E-state index in [2.05, 4.69) is 45.9 Å². The largest absolute Gasteiger partial charge is 0.457 e. The van der Waals surface area contributed by atoms with Gasteiger partial charge in [0.25, 0.3) is 0 Å². The Kier molecular flexibility index (Phi) is 4.72. The molecule has 20 heavy (non-hydrogen) atoms. The molecule has 2 heteroatoms. The minimum absolute atomic E-state index is 0.498. The zero-order valence-corrected chi connectivity index (χ0v) is 13.3. The van der Waals surface area contributed by atoms with Gasteiger partial charge in [0.05, 0.1) is 0 Å². The van der Waals surface area contributed by atoms with Gasteiger partial charge >= 0.3 is 0 Å². The zero-order chi connectivity index (χ0) is 14.7. The lowest BCUT2D eigenvalue weighted by Gasteiger charge is -2.13. The van der Waals surface area contributed by atoms with E-state index in [1.54, 1.807) is 0 Å². The fourth-order valence-corrected chi connectivity index (χ4v) is 2.39. The Morgan fingerprint density at radius 3 is 2.35 bits per heavy atom. The van der Waals surface area contributed by atoms with Gasteiger partial charge in [0, 0.05) is 5.88 Å². The molecule has 0 bridgehead atoms. The van der Waals surface area contributed by atoms with Gasteiger partial charge in [0.1, 0.15) is 11.5 Å². The molecule has 0 aromatic heterocycles. The van der Waals surface area contributed by atoms with E-state index in [1.807, 2.05) is 18.2 Å². The van der Waals surface area contributed by atoms with Crippen molar-refractivity contribution in [1.29, 1.82) is 0 Å². The van der Waals surface area contributed by atoms with E-state index < -0.39 is 0 Å². The number of aryl methyl sites for hydroxylation is 2. The van der Waals surface area contributed by atoms with Crippen molar-refractivity contribution in [3.05, 3.63) is 58.7 Å². The third kappa shape index (κ3) is 3.34. The predicted molar refractivity (Wildman–Crippen MR) is 86.1 cm³/mol. The molecule has 0 aliphatic rings. The summed E-state index contributed by atoms with van der Waals surface area (Å²) in [7, 11) is 0. The monoisotopic (exact) mass is 288 g/mol. The van der Waals surface area contributed by atoms with Crippen LogP contribution in [0.15, 0.2) is 36.4 Å².